The van der Waals surface area contributed by atoms with Gasteiger partial charge in [-0.3, -0.25) is 9.69 Å². The van der Waals surface area contributed by atoms with Gasteiger partial charge in [-0.25, -0.2) is 0 Å². The number of para-hydroxylation sites is 1. The molecule has 0 radical (unpaired) electrons. The standard InChI is InChI=1S/C29H32N2O/c32-29(14-11-23-15-18-30(19-16-23)22-24-7-3-1-4-8-24)26-12-13-28-25(21-26)17-20-31(28)27-9-5-2-6-10-27/h1-10,12-13,21,23H,11,14-20,22H2. The summed E-state index contributed by atoms with van der Waals surface area (Å²) < 4.78 is 0. The Morgan fingerprint density at radius 1 is 0.844 bits per heavy atom. The van der Waals surface area contributed by atoms with Crippen molar-refractivity contribution < 1.29 is 4.79 Å². The number of hydrogen-bond donors (Lipinski definition) is 0. The molecular formula is C29H32N2O. The van der Waals surface area contributed by atoms with Crippen molar-refractivity contribution >= 4 is 17.2 Å². The van der Waals surface area contributed by atoms with Gasteiger partial charge >= 0.3 is 0 Å². The summed E-state index contributed by atoms with van der Waals surface area (Å²) in [6.07, 6.45) is 5.10. The lowest BCUT2D eigenvalue weighted by Crippen LogP contribution is -2.33. The molecule has 0 spiro atoms. The topological polar surface area (TPSA) is 23.6 Å². The van der Waals surface area contributed by atoms with Crippen molar-refractivity contribution in [3.63, 3.8) is 0 Å². The molecule has 164 valence electrons. The SMILES string of the molecule is O=C(CCC1CCN(Cc2ccccc2)CC1)c1ccc2c(c1)CCN2c1ccccc1. The van der Waals surface area contributed by atoms with E-state index >= 15 is 0 Å². The normalized spacial score (nSPS) is 16.8. The van der Waals surface area contributed by atoms with E-state index in [1.807, 2.05) is 6.07 Å². The summed E-state index contributed by atoms with van der Waals surface area (Å²) in [6.45, 7) is 4.31. The molecule has 3 aromatic carbocycles. The summed E-state index contributed by atoms with van der Waals surface area (Å²) in [4.78, 5) is 17.8. The van der Waals surface area contributed by atoms with Crippen LogP contribution >= 0.6 is 0 Å². The van der Waals surface area contributed by atoms with Gasteiger partial charge in [0.05, 0.1) is 0 Å². The molecular weight excluding hydrogens is 392 g/mol. The van der Waals surface area contributed by atoms with Crippen molar-refractivity contribution in [2.45, 2.75) is 38.6 Å². The highest BCUT2D eigenvalue weighted by molar-refractivity contribution is 5.97. The molecule has 0 N–H and O–H groups in total. The summed E-state index contributed by atoms with van der Waals surface area (Å²) in [7, 11) is 0. The number of piperidine rings is 1. The van der Waals surface area contributed by atoms with Crippen LogP contribution in [-0.2, 0) is 13.0 Å². The number of Topliss-reactive ketones (excluding diaryl/α,β-unsaturated/α-hetero) is 1. The minimum Gasteiger partial charge on any atom is -0.341 e. The second-order valence-corrected chi connectivity index (χ2v) is 9.25. The molecule has 2 aliphatic heterocycles. The fraction of sp³-hybridized carbons (Fsp3) is 0.345. The molecule has 0 aliphatic carbocycles. The molecule has 5 rings (SSSR count). The van der Waals surface area contributed by atoms with Gasteiger partial charge in [-0.05, 0) is 86.1 Å². The van der Waals surface area contributed by atoms with Crippen molar-refractivity contribution in [3.05, 3.63) is 95.6 Å². The van der Waals surface area contributed by atoms with Crippen LogP contribution in [-0.4, -0.2) is 30.3 Å². The van der Waals surface area contributed by atoms with E-state index < -0.39 is 0 Å². The van der Waals surface area contributed by atoms with E-state index in [0.717, 1.165) is 44.6 Å². The highest BCUT2D eigenvalue weighted by Crippen LogP contribution is 2.35. The number of fused-ring (bicyclic) bond motifs is 1. The van der Waals surface area contributed by atoms with Crippen LogP contribution in [0.3, 0.4) is 0 Å². The Morgan fingerprint density at radius 3 is 2.31 bits per heavy atom. The average molecular weight is 425 g/mol. The zero-order valence-electron chi connectivity index (χ0n) is 18.7. The van der Waals surface area contributed by atoms with Gasteiger partial charge in [0.1, 0.15) is 0 Å². The molecule has 0 unspecified atom stereocenters. The van der Waals surface area contributed by atoms with Crippen LogP contribution in [0.4, 0.5) is 11.4 Å². The summed E-state index contributed by atoms with van der Waals surface area (Å²) in [6, 6.07) is 27.6. The first kappa shape index (κ1) is 21.0. The van der Waals surface area contributed by atoms with Gasteiger partial charge in [-0.15, -0.1) is 0 Å². The third-order valence-electron chi connectivity index (χ3n) is 7.10. The predicted octanol–water partition coefficient (Wildman–Crippen LogP) is 6.26. The van der Waals surface area contributed by atoms with Crippen LogP contribution in [0.1, 0.15) is 47.2 Å². The Hall–Kier alpha value is -2.91. The molecule has 1 saturated heterocycles. The number of carbonyl (C=O) groups is 1. The Morgan fingerprint density at radius 2 is 1.56 bits per heavy atom. The molecule has 2 aliphatic rings. The summed E-state index contributed by atoms with van der Waals surface area (Å²) in [5.41, 5.74) is 6.06. The molecule has 0 atom stereocenters. The maximum atomic E-state index is 12.9. The first-order valence-corrected chi connectivity index (χ1v) is 12.0. The number of likely N-dealkylation sites (tertiary alicyclic amines) is 1. The molecule has 3 aromatic rings. The van der Waals surface area contributed by atoms with Crippen molar-refractivity contribution in [2.24, 2.45) is 5.92 Å². The summed E-state index contributed by atoms with van der Waals surface area (Å²) in [5.74, 6) is 0.978. The fourth-order valence-corrected chi connectivity index (χ4v) is 5.21. The van der Waals surface area contributed by atoms with Crippen molar-refractivity contribution in [2.75, 3.05) is 24.5 Å². The van der Waals surface area contributed by atoms with Gasteiger partial charge in [-0.2, -0.15) is 0 Å². The molecule has 3 nitrogen and oxygen atoms in total. The van der Waals surface area contributed by atoms with Crippen LogP contribution in [0.25, 0.3) is 0 Å². The van der Waals surface area contributed by atoms with Crippen LogP contribution in [0.2, 0.25) is 0 Å². The highest BCUT2D eigenvalue weighted by atomic mass is 16.1. The largest absolute Gasteiger partial charge is 0.341 e. The fourth-order valence-electron chi connectivity index (χ4n) is 5.21. The molecule has 3 heteroatoms. The van der Waals surface area contributed by atoms with Crippen molar-refractivity contribution in [3.8, 4) is 0 Å². The molecule has 1 fully saturated rings. The zero-order chi connectivity index (χ0) is 21.8. The quantitative estimate of drug-likeness (QED) is 0.419. The zero-order valence-corrected chi connectivity index (χ0v) is 18.7. The lowest BCUT2D eigenvalue weighted by atomic mass is 9.90. The van der Waals surface area contributed by atoms with E-state index in [-0.39, 0.29) is 0 Å². The molecule has 0 bridgehead atoms. The number of anilines is 2. The minimum atomic E-state index is 0.303. The van der Waals surface area contributed by atoms with Gasteiger partial charge in [0.25, 0.3) is 0 Å². The molecule has 32 heavy (non-hydrogen) atoms. The minimum absolute atomic E-state index is 0.303. The smallest absolute Gasteiger partial charge is 0.162 e. The van der Waals surface area contributed by atoms with Gasteiger partial charge in [0.15, 0.2) is 5.78 Å². The molecule has 0 amide bonds. The number of nitrogens with zero attached hydrogens (tertiary/aromatic N) is 2. The summed E-state index contributed by atoms with van der Waals surface area (Å²) >= 11 is 0. The Bertz CT molecular complexity index is 1040. The lowest BCUT2D eigenvalue weighted by Gasteiger charge is -2.32. The maximum absolute atomic E-state index is 12.9. The van der Waals surface area contributed by atoms with E-state index in [1.165, 1.54) is 35.3 Å². The van der Waals surface area contributed by atoms with Gasteiger partial charge in [0.2, 0.25) is 0 Å². The molecule has 0 aromatic heterocycles. The summed E-state index contributed by atoms with van der Waals surface area (Å²) in [5, 5.41) is 0. The lowest BCUT2D eigenvalue weighted by molar-refractivity contribution is 0.0961. The molecule has 0 saturated carbocycles. The number of hydrogen-bond acceptors (Lipinski definition) is 3. The van der Waals surface area contributed by atoms with E-state index in [1.54, 1.807) is 0 Å². The average Bonchev–Trinajstić information content (AvgIpc) is 3.28. The highest BCUT2D eigenvalue weighted by Gasteiger charge is 2.23. The second-order valence-electron chi connectivity index (χ2n) is 9.25. The third-order valence-corrected chi connectivity index (χ3v) is 7.10. The van der Waals surface area contributed by atoms with Gasteiger partial charge < -0.3 is 4.90 Å². The van der Waals surface area contributed by atoms with Crippen LogP contribution in [0.5, 0.6) is 0 Å². The number of carbonyl (C=O) groups excluding carboxylic acids is 1. The Labute approximate surface area is 191 Å². The van der Waals surface area contributed by atoms with Crippen LogP contribution in [0, 0.1) is 5.92 Å². The van der Waals surface area contributed by atoms with E-state index in [4.69, 9.17) is 0 Å². The van der Waals surface area contributed by atoms with Gasteiger partial charge in [-0.1, -0.05) is 48.5 Å². The number of ketones is 1. The van der Waals surface area contributed by atoms with Gasteiger partial charge in [0, 0.05) is 36.4 Å². The number of benzene rings is 3. The first-order chi connectivity index (χ1) is 15.8. The van der Waals surface area contributed by atoms with E-state index in [9.17, 15) is 4.79 Å². The third kappa shape index (κ3) is 4.78. The van der Waals surface area contributed by atoms with E-state index in [2.05, 4.69) is 82.6 Å². The monoisotopic (exact) mass is 424 g/mol. The van der Waals surface area contributed by atoms with Crippen LogP contribution in [0.15, 0.2) is 78.9 Å². The van der Waals surface area contributed by atoms with E-state index in [0.29, 0.717) is 18.1 Å². The Balaban J connectivity index is 1.12. The Kier molecular flexibility index (Phi) is 6.36. The van der Waals surface area contributed by atoms with Crippen LogP contribution < -0.4 is 4.90 Å². The second kappa shape index (κ2) is 9.70. The van der Waals surface area contributed by atoms with Crippen molar-refractivity contribution in [1.29, 1.82) is 0 Å². The maximum Gasteiger partial charge on any atom is 0.162 e. The first-order valence-electron chi connectivity index (χ1n) is 12.0. The number of rotatable bonds is 7. The molecule has 2 heterocycles. The van der Waals surface area contributed by atoms with Crippen molar-refractivity contribution in [1.82, 2.24) is 4.90 Å². The predicted molar refractivity (Wildman–Crippen MR) is 132 cm³/mol.